The summed E-state index contributed by atoms with van der Waals surface area (Å²) >= 11 is 3.32. The molecule has 0 fully saturated rings. The van der Waals surface area contributed by atoms with Gasteiger partial charge in [-0.05, 0) is 28.1 Å². The van der Waals surface area contributed by atoms with Crippen LogP contribution in [0.3, 0.4) is 0 Å². The third kappa shape index (κ3) is 2.27. The Kier molecular flexibility index (Phi) is 3.55. The first-order valence-electron chi connectivity index (χ1n) is 6.80. The first-order chi connectivity index (χ1) is 10.7. The summed E-state index contributed by atoms with van der Waals surface area (Å²) in [7, 11) is 1.50. The van der Waals surface area contributed by atoms with Crippen molar-refractivity contribution in [3.05, 3.63) is 40.4 Å². The molecule has 3 rings (SSSR count). The third-order valence-electron chi connectivity index (χ3n) is 4.16. The number of alkyl halides is 3. The number of rotatable bonds is 1. The molecule has 1 spiro atoms. The number of carbonyl (C=O) groups is 2. The molecule has 8 heteroatoms. The SMILES string of the molecule is CN1C(=O)C2(CC=CC(=O)N2CC(F)(F)F)c2cccc(Br)c21. The molecule has 4 nitrogen and oxygen atoms in total. The zero-order valence-electron chi connectivity index (χ0n) is 12.0. The summed E-state index contributed by atoms with van der Waals surface area (Å²) in [6, 6.07) is 4.94. The van der Waals surface area contributed by atoms with Gasteiger partial charge in [-0.2, -0.15) is 13.2 Å². The van der Waals surface area contributed by atoms with Crippen LogP contribution in [0.25, 0.3) is 0 Å². The normalized spacial score (nSPS) is 23.9. The predicted molar refractivity (Wildman–Crippen MR) is 80.8 cm³/mol. The van der Waals surface area contributed by atoms with E-state index in [1.54, 1.807) is 18.2 Å². The molecule has 1 unspecified atom stereocenters. The van der Waals surface area contributed by atoms with Crippen molar-refractivity contribution in [2.45, 2.75) is 18.1 Å². The zero-order valence-corrected chi connectivity index (χ0v) is 13.6. The van der Waals surface area contributed by atoms with E-state index in [9.17, 15) is 22.8 Å². The maximum Gasteiger partial charge on any atom is 0.406 e. The van der Waals surface area contributed by atoms with E-state index in [4.69, 9.17) is 0 Å². The van der Waals surface area contributed by atoms with Gasteiger partial charge < -0.3 is 9.80 Å². The number of halogens is 4. The van der Waals surface area contributed by atoms with E-state index in [-0.39, 0.29) is 6.42 Å². The van der Waals surface area contributed by atoms with Crippen LogP contribution in [-0.4, -0.2) is 36.5 Å². The summed E-state index contributed by atoms with van der Waals surface area (Å²) in [5, 5.41) is 0. The summed E-state index contributed by atoms with van der Waals surface area (Å²) in [6.45, 7) is -1.47. The van der Waals surface area contributed by atoms with Crippen LogP contribution in [0.2, 0.25) is 0 Å². The lowest BCUT2D eigenvalue weighted by atomic mass is 9.83. The van der Waals surface area contributed by atoms with Crippen molar-refractivity contribution in [1.82, 2.24) is 4.90 Å². The number of carbonyl (C=O) groups excluding carboxylic acids is 2. The minimum absolute atomic E-state index is 0.0153. The van der Waals surface area contributed by atoms with Gasteiger partial charge in [-0.25, -0.2) is 0 Å². The highest BCUT2D eigenvalue weighted by Crippen LogP contribution is 2.50. The average Bonchev–Trinajstić information content (AvgIpc) is 2.66. The number of hydrogen-bond donors (Lipinski definition) is 0. The molecule has 1 aromatic carbocycles. The summed E-state index contributed by atoms with van der Waals surface area (Å²) in [5.74, 6) is -1.36. The van der Waals surface area contributed by atoms with Crippen molar-refractivity contribution < 1.29 is 22.8 Å². The molecule has 0 bridgehead atoms. The van der Waals surface area contributed by atoms with Crippen LogP contribution < -0.4 is 4.90 Å². The second-order valence-electron chi connectivity index (χ2n) is 5.51. The Balaban J connectivity index is 2.23. The Labute approximate surface area is 138 Å². The van der Waals surface area contributed by atoms with Crippen molar-refractivity contribution in [3.8, 4) is 0 Å². The molecule has 0 N–H and O–H groups in total. The van der Waals surface area contributed by atoms with Crippen LogP contribution >= 0.6 is 15.9 Å². The van der Waals surface area contributed by atoms with Crippen molar-refractivity contribution in [2.75, 3.05) is 18.5 Å². The summed E-state index contributed by atoms with van der Waals surface area (Å²) < 4.78 is 39.5. The highest BCUT2D eigenvalue weighted by Gasteiger charge is 2.58. The van der Waals surface area contributed by atoms with Crippen molar-refractivity contribution in [1.29, 1.82) is 0 Å². The lowest BCUT2D eigenvalue weighted by Crippen LogP contribution is -2.58. The smallest absolute Gasteiger partial charge is 0.312 e. The Morgan fingerprint density at radius 1 is 1.30 bits per heavy atom. The average molecular weight is 389 g/mol. The van der Waals surface area contributed by atoms with Crippen LogP contribution in [0.5, 0.6) is 0 Å². The van der Waals surface area contributed by atoms with Gasteiger partial charge in [-0.15, -0.1) is 0 Å². The maximum absolute atomic E-state index is 13.0. The van der Waals surface area contributed by atoms with Crippen LogP contribution in [0.1, 0.15) is 12.0 Å². The fourth-order valence-electron chi connectivity index (χ4n) is 3.25. The highest BCUT2D eigenvalue weighted by atomic mass is 79.9. The maximum atomic E-state index is 13.0. The van der Waals surface area contributed by atoms with Crippen molar-refractivity contribution >= 4 is 33.4 Å². The fraction of sp³-hybridized carbons (Fsp3) is 0.333. The molecular weight excluding hydrogens is 377 g/mol. The lowest BCUT2D eigenvalue weighted by Gasteiger charge is -2.41. The van der Waals surface area contributed by atoms with Gasteiger partial charge in [-0.1, -0.05) is 18.2 Å². The number of hydrogen-bond acceptors (Lipinski definition) is 2. The second kappa shape index (κ2) is 5.09. The number of likely N-dealkylation sites (N-methyl/N-ethyl adjacent to an activating group) is 1. The summed E-state index contributed by atoms with van der Waals surface area (Å²) in [4.78, 5) is 26.9. The summed E-state index contributed by atoms with van der Waals surface area (Å²) in [6.07, 6.45) is -2.04. The molecule has 122 valence electrons. The van der Waals surface area contributed by atoms with Gasteiger partial charge in [0.15, 0.2) is 5.54 Å². The van der Waals surface area contributed by atoms with Gasteiger partial charge in [0.05, 0.1) is 5.69 Å². The molecule has 0 radical (unpaired) electrons. The first-order valence-corrected chi connectivity index (χ1v) is 7.60. The molecule has 2 amide bonds. The van der Waals surface area contributed by atoms with Gasteiger partial charge >= 0.3 is 6.18 Å². The third-order valence-corrected chi connectivity index (χ3v) is 4.80. The van der Waals surface area contributed by atoms with Crippen LogP contribution in [0.4, 0.5) is 18.9 Å². The standard InChI is InChI=1S/C15H12BrF3N2O2/c1-20-12-9(4-2-5-10(12)16)14(13(20)23)7-3-6-11(22)21(14)8-15(17,18)19/h2-6H,7-8H2,1H3. The van der Waals surface area contributed by atoms with Gasteiger partial charge in [0.1, 0.15) is 6.54 Å². The van der Waals surface area contributed by atoms with E-state index in [0.29, 0.717) is 20.6 Å². The largest absolute Gasteiger partial charge is 0.406 e. The van der Waals surface area contributed by atoms with E-state index in [0.717, 1.165) is 6.08 Å². The van der Waals surface area contributed by atoms with Crippen LogP contribution in [-0.2, 0) is 15.1 Å². The molecule has 1 atom stereocenters. The van der Waals surface area contributed by atoms with E-state index < -0.39 is 30.1 Å². The van der Waals surface area contributed by atoms with E-state index in [1.807, 2.05) is 0 Å². The van der Waals surface area contributed by atoms with E-state index >= 15 is 0 Å². The summed E-state index contributed by atoms with van der Waals surface area (Å²) in [5.41, 5.74) is -0.746. The first kappa shape index (κ1) is 16.0. The molecule has 23 heavy (non-hydrogen) atoms. The Morgan fingerprint density at radius 3 is 2.65 bits per heavy atom. The minimum Gasteiger partial charge on any atom is -0.312 e. The molecule has 1 aromatic rings. The second-order valence-corrected chi connectivity index (χ2v) is 6.36. The number of benzene rings is 1. The van der Waals surface area contributed by atoms with Crippen molar-refractivity contribution in [2.24, 2.45) is 0 Å². The molecular formula is C15H12BrF3N2O2. The monoisotopic (exact) mass is 388 g/mol. The molecule has 2 heterocycles. The number of amides is 2. The molecule has 0 saturated heterocycles. The van der Waals surface area contributed by atoms with Crippen LogP contribution in [0, 0.1) is 0 Å². The van der Waals surface area contributed by atoms with Gasteiger partial charge in [0.25, 0.3) is 5.91 Å². The zero-order chi connectivity index (χ0) is 17.0. The lowest BCUT2D eigenvalue weighted by molar-refractivity contribution is -0.174. The topological polar surface area (TPSA) is 40.6 Å². The molecule has 2 aliphatic rings. The molecule has 0 aromatic heterocycles. The fourth-order valence-corrected chi connectivity index (χ4v) is 3.89. The Morgan fingerprint density at radius 2 is 2.00 bits per heavy atom. The van der Waals surface area contributed by atoms with Crippen molar-refractivity contribution in [3.63, 3.8) is 0 Å². The number of fused-ring (bicyclic) bond motifs is 2. The van der Waals surface area contributed by atoms with Gasteiger partial charge in [0.2, 0.25) is 5.91 Å². The highest BCUT2D eigenvalue weighted by molar-refractivity contribution is 9.10. The Hall–Kier alpha value is -1.83. The molecule has 0 aliphatic carbocycles. The van der Waals surface area contributed by atoms with E-state index in [1.165, 1.54) is 18.0 Å². The molecule has 0 saturated carbocycles. The molecule has 2 aliphatic heterocycles. The number of nitrogens with zero attached hydrogens (tertiary/aromatic N) is 2. The quantitative estimate of drug-likeness (QED) is 0.741. The predicted octanol–water partition coefficient (Wildman–Crippen LogP) is 2.97. The number of anilines is 1. The van der Waals surface area contributed by atoms with Gasteiger partial charge in [0, 0.05) is 23.5 Å². The van der Waals surface area contributed by atoms with Gasteiger partial charge in [-0.3, -0.25) is 9.59 Å². The van der Waals surface area contributed by atoms with E-state index in [2.05, 4.69) is 15.9 Å². The van der Waals surface area contributed by atoms with Crippen LogP contribution in [0.15, 0.2) is 34.8 Å². The Bertz CT molecular complexity index is 732. The minimum atomic E-state index is -4.60. The number of para-hydroxylation sites is 1.